The molecule has 0 spiro atoms. The van der Waals surface area contributed by atoms with E-state index in [9.17, 15) is 18.4 Å². The number of hydrogen-bond donors (Lipinski definition) is 1. The summed E-state index contributed by atoms with van der Waals surface area (Å²) in [5, 5.41) is 0. The molecule has 0 saturated carbocycles. The summed E-state index contributed by atoms with van der Waals surface area (Å²) in [6.45, 7) is 0. The van der Waals surface area contributed by atoms with E-state index in [0.717, 1.165) is 23.1 Å². The number of aromatic nitrogens is 2. The fourth-order valence-electron chi connectivity index (χ4n) is 2.43. The number of fused-ring (bicyclic) bond motifs is 1. The molecule has 1 aliphatic carbocycles. The van der Waals surface area contributed by atoms with Crippen LogP contribution < -0.4 is 11.2 Å². The summed E-state index contributed by atoms with van der Waals surface area (Å²) in [5.41, 5.74) is -0.122. The van der Waals surface area contributed by atoms with Gasteiger partial charge in [0.1, 0.15) is 11.6 Å². The van der Waals surface area contributed by atoms with Crippen molar-refractivity contribution in [1.82, 2.24) is 9.55 Å². The number of nitrogens with one attached hydrogen (secondary N) is 1. The Morgan fingerprint density at radius 3 is 2.42 bits per heavy atom. The molecule has 19 heavy (non-hydrogen) atoms. The molecule has 3 rings (SSSR count). The van der Waals surface area contributed by atoms with Crippen molar-refractivity contribution in [2.45, 2.75) is 19.3 Å². The van der Waals surface area contributed by atoms with E-state index in [-0.39, 0.29) is 5.69 Å². The van der Waals surface area contributed by atoms with Gasteiger partial charge in [-0.2, -0.15) is 0 Å². The second kappa shape index (κ2) is 4.15. The number of nitrogens with zero attached hydrogens (tertiary/aromatic N) is 1. The smallest absolute Gasteiger partial charge is 0.310 e. The molecule has 0 aliphatic heterocycles. The van der Waals surface area contributed by atoms with Crippen LogP contribution in [-0.2, 0) is 12.8 Å². The number of aromatic amines is 1. The molecule has 0 amide bonds. The molecule has 1 N–H and O–H groups in total. The van der Waals surface area contributed by atoms with Crippen LogP contribution in [0.3, 0.4) is 0 Å². The molecule has 0 fully saturated rings. The lowest BCUT2D eigenvalue weighted by atomic mass is 10.2. The van der Waals surface area contributed by atoms with Gasteiger partial charge in [-0.25, -0.2) is 18.1 Å². The van der Waals surface area contributed by atoms with Crippen LogP contribution in [0.2, 0.25) is 0 Å². The lowest BCUT2D eigenvalue weighted by molar-refractivity contribution is 0.580. The van der Waals surface area contributed by atoms with E-state index in [1.165, 1.54) is 0 Å². The quantitative estimate of drug-likeness (QED) is 0.844. The van der Waals surface area contributed by atoms with Crippen LogP contribution in [0, 0.1) is 11.6 Å². The molecule has 0 unspecified atom stereocenters. The first-order chi connectivity index (χ1) is 9.06. The highest BCUT2D eigenvalue weighted by molar-refractivity contribution is 5.35. The Morgan fingerprint density at radius 1 is 1.05 bits per heavy atom. The lowest BCUT2D eigenvalue weighted by Crippen LogP contribution is -2.36. The predicted molar refractivity (Wildman–Crippen MR) is 64.6 cm³/mol. The van der Waals surface area contributed by atoms with E-state index < -0.39 is 22.9 Å². The van der Waals surface area contributed by atoms with Crippen molar-refractivity contribution in [2.75, 3.05) is 0 Å². The highest BCUT2D eigenvalue weighted by Crippen LogP contribution is 2.16. The third-order valence-corrected chi connectivity index (χ3v) is 3.25. The standard InChI is InChI=1S/C13H10F2N2O2/c14-7-4-8(15)6-9(5-7)17-12(18)10-2-1-3-11(10)16-13(17)19/h4-6H,1-3H2,(H,16,19). The van der Waals surface area contributed by atoms with Gasteiger partial charge in [-0.05, 0) is 31.4 Å². The minimum atomic E-state index is -0.832. The molecule has 2 aromatic rings. The molecular weight excluding hydrogens is 254 g/mol. The highest BCUT2D eigenvalue weighted by atomic mass is 19.1. The molecule has 1 aromatic heterocycles. The first-order valence-electron chi connectivity index (χ1n) is 5.90. The van der Waals surface area contributed by atoms with Crippen molar-refractivity contribution in [1.29, 1.82) is 0 Å². The molecule has 1 heterocycles. The fraction of sp³-hybridized carbons (Fsp3) is 0.231. The minimum absolute atomic E-state index is 0.0987. The maximum Gasteiger partial charge on any atom is 0.333 e. The van der Waals surface area contributed by atoms with Crippen LogP contribution in [0.25, 0.3) is 5.69 Å². The van der Waals surface area contributed by atoms with Gasteiger partial charge in [0.15, 0.2) is 0 Å². The Labute approximate surface area is 106 Å². The van der Waals surface area contributed by atoms with E-state index in [0.29, 0.717) is 30.2 Å². The topological polar surface area (TPSA) is 54.9 Å². The van der Waals surface area contributed by atoms with Crippen molar-refractivity contribution >= 4 is 0 Å². The number of H-pyrrole nitrogens is 1. The Hall–Kier alpha value is -2.24. The third-order valence-electron chi connectivity index (χ3n) is 3.25. The largest absolute Gasteiger partial charge is 0.333 e. The van der Waals surface area contributed by atoms with Gasteiger partial charge in [0, 0.05) is 17.3 Å². The van der Waals surface area contributed by atoms with Gasteiger partial charge in [-0.3, -0.25) is 4.79 Å². The van der Waals surface area contributed by atoms with E-state index in [4.69, 9.17) is 0 Å². The summed E-state index contributed by atoms with van der Waals surface area (Å²) < 4.78 is 27.1. The van der Waals surface area contributed by atoms with Crippen molar-refractivity contribution in [3.05, 3.63) is 61.9 Å². The van der Waals surface area contributed by atoms with Gasteiger partial charge in [0.05, 0.1) is 5.69 Å². The molecule has 0 saturated heterocycles. The maximum absolute atomic E-state index is 13.2. The average Bonchev–Trinajstić information content (AvgIpc) is 2.75. The Balaban J connectivity index is 2.32. The van der Waals surface area contributed by atoms with E-state index in [1.807, 2.05) is 0 Å². The van der Waals surface area contributed by atoms with Crippen molar-refractivity contribution < 1.29 is 8.78 Å². The predicted octanol–water partition coefficient (Wildman–Crippen LogP) is 1.29. The number of benzene rings is 1. The summed E-state index contributed by atoms with van der Waals surface area (Å²) >= 11 is 0. The van der Waals surface area contributed by atoms with Crippen molar-refractivity contribution in [3.63, 3.8) is 0 Å². The zero-order valence-corrected chi connectivity index (χ0v) is 9.87. The van der Waals surface area contributed by atoms with Gasteiger partial charge >= 0.3 is 5.69 Å². The molecule has 0 bridgehead atoms. The molecule has 0 atom stereocenters. The van der Waals surface area contributed by atoms with Gasteiger partial charge in [0.2, 0.25) is 0 Å². The zero-order valence-electron chi connectivity index (χ0n) is 9.87. The molecule has 0 radical (unpaired) electrons. The first kappa shape index (κ1) is 11.8. The first-order valence-corrected chi connectivity index (χ1v) is 5.90. The van der Waals surface area contributed by atoms with Crippen LogP contribution in [0.1, 0.15) is 17.7 Å². The summed E-state index contributed by atoms with van der Waals surface area (Å²) in [7, 11) is 0. The molecule has 4 nitrogen and oxygen atoms in total. The normalized spacial score (nSPS) is 13.6. The van der Waals surface area contributed by atoms with Crippen LogP contribution in [-0.4, -0.2) is 9.55 Å². The molecule has 6 heteroatoms. The van der Waals surface area contributed by atoms with Gasteiger partial charge < -0.3 is 4.98 Å². The molecule has 98 valence electrons. The van der Waals surface area contributed by atoms with Crippen LogP contribution in [0.5, 0.6) is 0 Å². The second-order valence-electron chi connectivity index (χ2n) is 4.51. The highest BCUT2D eigenvalue weighted by Gasteiger charge is 2.19. The van der Waals surface area contributed by atoms with E-state index in [1.54, 1.807) is 0 Å². The summed E-state index contributed by atoms with van der Waals surface area (Å²) in [6.07, 6.45) is 2.02. The Morgan fingerprint density at radius 2 is 1.74 bits per heavy atom. The lowest BCUT2D eigenvalue weighted by Gasteiger charge is -2.07. The Kier molecular flexibility index (Phi) is 2.58. The SMILES string of the molecule is O=c1[nH]c2c(c(=O)n1-c1cc(F)cc(F)c1)CCC2. The fourth-order valence-corrected chi connectivity index (χ4v) is 2.43. The van der Waals surface area contributed by atoms with Gasteiger partial charge in [0.25, 0.3) is 5.56 Å². The van der Waals surface area contributed by atoms with Gasteiger partial charge in [-0.1, -0.05) is 0 Å². The number of halogens is 2. The van der Waals surface area contributed by atoms with Crippen LogP contribution in [0.15, 0.2) is 27.8 Å². The van der Waals surface area contributed by atoms with E-state index in [2.05, 4.69) is 4.98 Å². The van der Waals surface area contributed by atoms with Gasteiger partial charge in [-0.15, -0.1) is 0 Å². The average molecular weight is 264 g/mol. The zero-order chi connectivity index (χ0) is 13.6. The number of rotatable bonds is 1. The van der Waals surface area contributed by atoms with Crippen LogP contribution >= 0.6 is 0 Å². The molecule has 1 aromatic carbocycles. The Bertz CT molecular complexity index is 757. The summed E-state index contributed by atoms with van der Waals surface area (Å²) in [6, 6.07) is 2.61. The minimum Gasteiger partial charge on any atom is -0.310 e. The van der Waals surface area contributed by atoms with Crippen molar-refractivity contribution in [3.8, 4) is 5.69 Å². The maximum atomic E-state index is 13.2. The van der Waals surface area contributed by atoms with E-state index >= 15 is 0 Å². The number of aryl methyl sites for hydroxylation is 1. The monoisotopic (exact) mass is 264 g/mol. The number of hydrogen-bond acceptors (Lipinski definition) is 2. The van der Waals surface area contributed by atoms with Crippen molar-refractivity contribution in [2.24, 2.45) is 0 Å². The second-order valence-corrected chi connectivity index (χ2v) is 4.51. The molecule has 1 aliphatic rings. The summed E-state index contributed by atoms with van der Waals surface area (Å²) in [4.78, 5) is 26.7. The third kappa shape index (κ3) is 1.89. The van der Waals surface area contributed by atoms with Crippen LogP contribution in [0.4, 0.5) is 8.78 Å². The summed E-state index contributed by atoms with van der Waals surface area (Å²) in [5.74, 6) is -1.66. The molecular formula is C13H10F2N2O2.